The number of ether oxygens (including phenoxy) is 1. The predicted octanol–water partition coefficient (Wildman–Crippen LogP) is 1.15. The Labute approximate surface area is 128 Å². The van der Waals surface area contributed by atoms with E-state index in [1.54, 1.807) is 7.11 Å². The monoisotopic (exact) mass is 298 g/mol. The maximum absolute atomic E-state index is 12.3. The molecule has 0 aromatic carbocycles. The predicted molar refractivity (Wildman–Crippen MR) is 82.0 cm³/mol. The fraction of sp³-hybridized carbons (Fsp3) is 0.938. The molecule has 0 bridgehead atoms. The maximum Gasteiger partial charge on any atom is 0.220 e. The molecule has 122 valence electrons. The molecular formula is C16H30N2O3. The van der Waals surface area contributed by atoms with Crippen LogP contribution < -0.4 is 5.32 Å². The Bertz CT molecular complexity index is 359. The SMILES string of the molecule is COCC(C)(C)CC(=O)N[C@@H]1CCC[C@@H]1N1CCC(O)C1. The van der Waals surface area contributed by atoms with Gasteiger partial charge in [-0.2, -0.15) is 0 Å². The van der Waals surface area contributed by atoms with Crippen LogP contribution in [0.1, 0.15) is 46.0 Å². The minimum atomic E-state index is -0.192. The van der Waals surface area contributed by atoms with Crippen LogP contribution in [-0.4, -0.2) is 60.9 Å². The summed E-state index contributed by atoms with van der Waals surface area (Å²) >= 11 is 0. The molecule has 2 fully saturated rings. The fourth-order valence-electron chi connectivity index (χ4n) is 3.75. The lowest BCUT2D eigenvalue weighted by Gasteiger charge is -2.31. The number of nitrogens with zero attached hydrogens (tertiary/aromatic N) is 1. The van der Waals surface area contributed by atoms with Gasteiger partial charge in [0.1, 0.15) is 0 Å². The molecule has 1 saturated carbocycles. The average molecular weight is 298 g/mol. The molecule has 1 unspecified atom stereocenters. The van der Waals surface area contributed by atoms with Crippen molar-refractivity contribution in [2.24, 2.45) is 5.41 Å². The Morgan fingerprint density at radius 3 is 2.76 bits per heavy atom. The summed E-state index contributed by atoms with van der Waals surface area (Å²) in [6, 6.07) is 0.637. The summed E-state index contributed by atoms with van der Waals surface area (Å²) in [6.07, 6.45) is 4.49. The largest absolute Gasteiger partial charge is 0.392 e. The van der Waals surface area contributed by atoms with Crippen LogP contribution in [-0.2, 0) is 9.53 Å². The summed E-state index contributed by atoms with van der Waals surface area (Å²) in [5.74, 6) is 0.119. The van der Waals surface area contributed by atoms with Crippen LogP contribution in [0.2, 0.25) is 0 Å². The minimum Gasteiger partial charge on any atom is -0.392 e. The van der Waals surface area contributed by atoms with E-state index in [-0.39, 0.29) is 23.5 Å². The van der Waals surface area contributed by atoms with E-state index in [9.17, 15) is 9.90 Å². The van der Waals surface area contributed by atoms with Gasteiger partial charge in [-0.15, -0.1) is 0 Å². The third-order valence-electron chi connectivity index (χ3n) is 4.66. The molecule has 5 heteroatoms. The van der Waals surface area contributed by atoms with Crippen molar-refractivity contribution in [3.8, 4) is 0 Å². The standard InChI is InChI=1S/C16H30N2O3/c1-16(2,11-21-3)9-15(20)17-13-5-4-6-14(13)18-8-7-12(19)10-18/h12-14,19H,4-11H2,1-3H3,(H,17,20)/t12?,13-,14+/m1/s1. The summed E-state index contributed by atoms with van der Waals surface area (Å²) in [7, 11) is 1.67. The number of rotatable bonds is 6. The van der Waals surface area contributed by atoms with E-state index in [4.69, 9.17) is 4.74 Å². The molecule has 3 atom stereocenters. The summed E-state index contributed by atoms with van der Waals surface area (Å²) in [5.41, 5.74) is -0.128. The summed E-state index contributed by atoms with van der Waals surface area (Å²) in [4.78, 5) is 14.6. The van der Waals surface area contributed by atoms with Gasteiger partial charge >= 0.3 is 0 Å². The third kappa shape index (κ3) is 4.66. The molecular weight excluding hydrogens is 268 g/mol. The van der Waals surface area contributed by atoms with Crippen LogP contribution in [0.5, 0.6) is 0 Å². The molecule has 1 saturated heterocycles. The number of carbonyl (C=O) groups is 1. The smallest absolute Gasteiger partial charge is 0.220 e. The molecule has 0 spiro atoms. The lowest BCUT2D eigenvalue weighted by atomic mass is 9.90. The third-order valence-corrected chi connectivity index (χ3v) is 4.66. The molecule has 0 aromatic heterocycles. The van der Waals surface area contributed by atoms with Gasteiger partial charge in [0, 0.05) is 38.7 Å². The lowest BCUT2D eigenvalue weighted by Crippen LogP contribution is -2.49. The van der Waals surface area contributed by atoms with Crippen LogP contribution in [0.15, 0.2) is 0 Å². The Morgan fingerprint density at radius 2 is 2.14 bits per heavy atom. The van der Waals surface area contributed by atoms with Gasteiger partial charge in [-0.05, 0) is 31.1 Å². The second-order valence-electron chi connectivity index (χ2n) is 7.38. The second kappa shape index (κ2) is 7.07. The molecule has 1 amide bonds. The number of aliphatic hydroxyl groups is 1. The Balaban J connectivity index is 1.85. The normalized spacial score (nSPS) is 30.8. The van der Waals surface area contributed by atoms with E-state index >= 15 is 0 Å². The molecule has 2 aliphatic rings. The van der Waals surface area contributed by atoms with Crippen molar-refractivity contribution >= 4 is 5.91 Å². The van der Waals surface area contributed by atoms with Gasteiger partial charge in [-0.25, -0.2) is 0 Å². The maximum atomic E-state index is 12.3. The van der Waals surface area contributed by atoms with Crippen LogP contribution in [0.4, 0.5) is 0 Å². The van der Waals surface area contributed by atoms with Crippen molar-refractivity contribution in [2.75, 3.05) is 26.8 Å². The van der Waals surface area contributed by atoms with Crippen LogP contribution in [0.25, 0.3) is 0 Å². The van der Waals surface area contributed by atoms with Gasteiger partial charge in [-0.1, -0.05) is 13.8 Å². The minimum absolute atomic E-state index is 0.119. The number of amides is 1. The summed E-state index contributed by atoms with van der Waals surface area (Å²) in [5, 5.41) is 12.9. The number of aliphatic hydroxyl groups excluding tert-OH is 1. The molecule has 0 radical (unpaired) electrons. The first kappa shape index (κ1) is 16.7. The molecule has 21 heavy (non-hydrogen) atoms. The average Bonchev–Trinajstić information content (AvgIpc) is 2.96. The number of β-amino-alcohol motifs (C(OH)–C–C–N with tert-alkyl or cyclic N) is 1. The van der Waals surface area contributed by atoms with Crippen molar-refractivity contribution in [3.05, 3.63) is 0 Å². The number of methoxy groups -OCH3 is 1. The highest BCUT2D eigenvalue weighted by molar-refractivity contribution is 5.77. The van der Waals surface area contributed by atoms with E-state index in [1.807, 2.05) is 0 Å². The molecule has 1 aliphatic heterocycles. The Kier molecular flexibility index (Phi) is 5.63. The van der Waals surface area contributed by atoms with Gasteiger partial charge in [-0.3, -0.25) is 9.69 Å². The van der Waals surface area contributed by atoms with E-state index in [2.05, 4.69) is 24.1 Å². The van der Waals surface area contributed by atoms with Crippen molar-refractivity contribution < 1.29 is 14.6 Å². The number of carbonyl (C=O) groups excluding carboxylic acids is 1. The molecule has 1 heterocycles. The lowest BCUT2D eigenvalue weighted by molar-refractivity contribution is -0.124. The highest BCUT2D eigenvalue weighted by atomic mass is 16.5. The van der Waals surface area contributed by atoms with Gasteiger partial charge in [0.05, 0.1) is 12.7 Å². The van der Waals surface area contributed by atoms with Crippen LogP contribution in [0.3, 0.4) is 0 Å². The van der Waals surface area contributed by atoms with E-state index in [0.29, 0.717) is 19.1 Å². The van der Waals surface area contributed by atoms with Crippen molar-refractivity contribution in [1.29, 1.82) is 0 Å². The van der Waals surface area contributed by atoms with Gasteiger partial charge < -0.3 is 15.2 Å². The highest BCUT2D eigenvalue weighted by Gasteiger charge is 2.36. The summed E-state index contributed by atoms with van der Waals surface area (Å²) in [6.45, 7) is 6.41. The molecule has 2 N–H and O–H groups in total. The summed E-state index contributed by atoms with van der Waals surface area (Å²) < 4.78 is 5.18. The first-order valence-corrected chi connectivity index (χ1v) is 8.12. The number of likely N-dealkylation sites (tertiary alicyclic amines) is 1. The van der Waals surface area contributed by atoms with Crippen LogP contribution >= 0.6 is 0 Å². The molecule has 5 nitrogen and oxygen atoms in total. The zero-order chi connectivity index (χ0) is 15.5. The van der Waals surface area contributed by atoms with E-state index < -0.39 is 0 Å². The highest BCUT2D eigenvalue weighted by Crippen LogP contribution is 2.28. The topological polar surface area (TPSA) is 61.8 Å². The number of hydrogen-bond acceptors (Lipinski definition) is 4. The molecule has 1 aliphatic carbocycles. The Hall–Kier alpha value is -0.650. The molecule has 2 rings (SSSR count). The van der Waals surface area contributed by atoms with Crippen molar-refractivity contribution in [3.63, 3.8) is 0 Å². The van der Waals surface area contributed by atoms with E-state index in [1.165, 1.54) is 0 Å². The zero-order valence-electron chi connectivity index (χ0n) is 13.6. The molecule has 0 aromatic rings. The first-order valence-electron chi connectivity index (χ1n) is 8.12. The van der Waals surface area contributed by atoms with Gasteiger partial charge in [0.2, 0.25) is 5.91 Å². The second-order valence-corrected chi connectivity index (χ2v) is 7.38. The van der Waals surface area contributed by atoms with Crippen LogP contribution in [0, 0.1) is 5.41 Å². The zero-order valence-corrected chi connectivity index (χ0v) is 13.6. The Morgan fingerprint density at radius 1 is 1.38 bits per heavy atom. The van der Waals surface area contributed by atoms with Crippen molar-refractivity contribution in [2.45, 2.75) is 64.1 Å². The quantitative estimate of drug-likeness (QED) is 0.772. The van der Waals surface area contributed by atoms with Crippen molar-refractivity contribution in [1.82, 2.24) is 10.2 Å². The van der Waals surface area contributed by atoms with Gasteiger partial charge in [0.15, 0.2) is 0 Å². The number of nitrogens with one attached hydrogen (secondary N) is 1. The first-order chi connectivity index (χ1) is 9.91. The fourth-order valence-corrected chi connectivity index (χ4v) is 3.75. The number of hydrogen-bond donors (Lipinski definition) is 2. The van der Waals surface area contributed by atoms with E-state index in [0.717, 1.165) is 38.8 Å². The van der Waals surface area contributed by atoms with Gasteiger partial charge in [0.25, 0.3) is 0 Å².